The zero-order valence-electron chi connectivity index (χ0n) is 17.3. The lowest BCUT2D eigenvalue weighted by Crippen LogP contribution is -2.27. The van der Waals surface area contributed by atoms with E-state index in [-0.39, 0.29) is 23.1 Å². The second-order valence-corrected chi connectivity index (χ2v) is 6.33. The van der Waals surface area contributed by atoms with Gasteiger partial charge in [-0.05, 0) is 35.5 Å². The second-order valence-electron chi connectivity index (χ2n) is 6.33. The number of hydrogen-bond acceptors (Lipinski definition) is 11. The first-order valence-corrected chi connectivity index (χ1v) is 9.44. The number of hydrogen-bond donors (Lipinski definition) is 3. The normalized spacial score (nSPS) is 11.4. The van der Waals surface area contributed by atoms with Crippen molar-refractivity contribution >= 4 is 17.9 Å². The lowest BCUT2D eigenvalue weighted by atomic mass is 10.2. The molecule has 0 unspecified atom stereocenters. The molecule has 1 aromatic carbocycles. The fourth-order valence-corrected chi connectivity index (χ4v) is 2.81. The van der Waals surface area contributed by atoms with Crippen LogP contribution < -0.4 is 15.9 Å². The van der Waals surface area contributed by atoms with Crippen molar-refractivity contribution in [3.63, 3.8) is 0 Å². The molecule has 0 saturated carbocycles. The molecule has 0 spiro atoms. The highest BCUT2D eigenvalue weighted by Crippen LogP contribution is 2.28. The summed E-state index contributed by atoms with van der Waals surface area (Å²) < 4.78 is 11.0. The predicted molar refractivity (Wildman–Crippen MR) is 110 cm³/mol. The molecular formula is C18H23N9O4. The third-order valence-corrected chi connectivity index (χ3v) is 4.56. The third kappa shape index (κ3) is 4.61. The first kappa shape index (κ1) is 21.7. The van der Waals surface area contributed by atoms with E-state index >= 15 is 0 Å². The van der Waals surface area contributed by atoms with E-state index < -0.39 is 5.91 Å². The summed E-state index contributed by atoms with van der Waals surface area (Å²) >= 11 is 0. The molecule has 0 aliphatic heterocycles. The Morgan fingerprint density at radius 1 is 1.39 bits per heavy atom. The number of aromatic nitrogens is 5. The zero-order valence-corrected chi connectivity index (χ0v) is 17.3. The minimum absolute atomic E-state index is 0.0178. The molecule has 0 bridgehead atoms. The molecule has 4 N–H and O–H groups in total. The van der Waals surface area contributed by atoms with Crippen LogP contribution in [0, 0.1) is 0 Å². The summed E-state index contributed by atoms with van der Waals surface area (Å²) in [5.41, 5.74) is 9.02. The van der Waals surface area contributed by atoms with Crippen LogP contribution in [0.2, 0.25) is 0 Å². The molecule has 1 amide bonds. The van der Waals surface area contributed by atoms with Gasteiger partial charge in [-0.2, -0.15) is 9.78 Å². The van der Waals surface area contributed by atoms with Gasteiger partial charge in [0.25, 0.3) is 5.91 Å². The number of amides is 1. The summed E-state index contributed by atoms with van der Waals surface area (Å²) in [7, 11) is 1.44. The summed E-state index contributed by atoms with van der Waals surface area (Å²) in [5, 5.41) is 29.3. The molecule has 0 aliphatic rings. The van der Waals surface area contributed by atoms with E-state index in [1.165, 1.54) is 18.0 Å². The number of nitrogens with one attached hydrogen (secondary N) is 1. The molecular weight excluding hydrogens is 406 g/mol. The smallest absolute Gasteiger partial charge is 0.293 e. The molecule has 31 heavy (non-hydrogen) atoms. The van der Waals surface area contributed by atoms with Crippen LogP contribution >= 0.6 is 0 Å². The van der Waals surface area contributed by atoms with Crippen LogP contribution in [0.4, 0.5) is 5.82 Å². The van der Waals surface area contributed by atoms with E-state index in [2.05, 4.69) is 40.7 Å². The van der Waals surface area contributed by atoms with Crippen molar-refractivity contribution in [3.8, 4) is 17.3 Å². The number of aromatic hydroxyl groups is 1. The molecule has 0 atom stereocenters. The third-order valence-electron chi connectivity index (χ3n) is 4.56. The maximum Gasteiger partial charge on any atom is 0.293 e. The van der Waals surface area contributed by atoms with E-state index in [1.807, 2.05) is 13.8 Å². The van der Waals surface area contributed by atoms with Crippen LogP contribution in [0.1, 0.15) is 35.6 Å². The Bertz CT molecular complexity index is 1070. The van der Waals surface area contributed by atoms with Crippen molar-refractivity contribution in [2.45, 2.75) is 20.4 Å². The number of rotatable bonds is 9. The van der Waals surface area contributed by atoms with E-state index in [9.17, 15) is 9.90 Å². The number of nitrogens with two attached hydrogens (primary N) is 1. The average molecular weight is 429 g/mol. The maximum atomic E-state index is 12.8. The molecule has 164 valence electrons. The molecule has 0 aliphatic carbocycles. The van der Waals surface area contributed by atoms with Gasteiger partial charge in [0.05, 0.1) is 19.0 Å². The van der Waals surface area contributed by atoms with Crippen molar-refractivity contribution in [1.29, 1.82) is 0 Å². The summed E-state index contributed by atoms with van der Waals surface area (Å²) in [6, 6.07) is 4.91. The first-order chi connectivity index (χ1) is 15.0. The van der Waals surface area contributed by atoms with E-state index in [0.29, 0.717) is 23.6 Å². The number of anilines is 1. The Hall–Kier alpha value is -4.00. The van der Waals surface area contributed by atoms with E-state index in [1.54, 1.807) is 18.2 Å². The van der Waals surface area contributed by atoms with E-state index in [4.69, 9.17) is 10.5 Å². The topological polar surface area (TPSA) is 170 Å². The van der Waals surface area contributed by atoms with Gasteiger partial charge >= 0.3 is 0 Å². The highest BCUT2D eigenvalue weighted by molar-refractivity contribution is 5.94. The number of nitrogens with zero attached hydrogens (tertiary/aromatic N) is 7. The Morgan fingerprint density at radius 3 is 2.81 bits per heavy atom. The number of hydrazone groups is 1. The number of carbonyl (C=O) groups excluding carboxylic acids is 1. The van der Waals surface area contributed by atoms with Crippen LogP contribution in [-0.2, 0) is 6.54 Å². The first-order valence-electron chi connectivity index (χ1n) is 9.44. The van der Waals surface area contributed by atoms with Crippen molar-refractivity contribution in [2.75, 3.05) is 25.9 Å². The molecule has 13 heteroatoms. The minimum atomic E-state index is -0.595. The van der Waals surface area contributed by atoms with Gasteiger partial charge in [0.15, 0.2) is 17.2 Å². The van der Waals surface area contributed by atoms with Crippen LogP contribution in [0.25, 0.3) is 5.82 Å². The van der Waals surface area contributed by atoms with Gasteiger partial charge in [0.1, 0.15) is 0 Å². The monoisotopic (exact) mass is 429 g/mol. The van der Waals surface area contributed by atoms with Gasteiger partial charge in [-0.1, -0.05) is 25.1 Å². The Morgan fingerprint density at radius 2 is 2.16 bits per heavy atom. The van der Waals surface area contributed by atoms with Gasteiger partial charge in [-0.15, -0.1) is 5.10 Å². The lowest BCUT2D eigenvalue weighted by molar-refractivity contribution is 0.0948. The van der Waals surface area contributed by atoms with Gasteiger partial charge in [0.2, 0.25) is 11.6 Å². The Balaban J connectivity index is 1.87. The lowest BCUT2D eigenvalue weighted by Gasteiger charge is -2.18. The SMILES string of the molecule is CCN(CC)Cc1c(C(=O)N/N=C/c2cccc(OC)c2O)nnn1-c1nonc1N. The summed E-state index contributed by atoms with van der Waals surface area (Å²) in [4.78, 5) is 14.8. The minimum Gasteiger partial charge on any atom is -0.504 e. The summed E-state index contributed by atoms with van der Waals surface area (Å²) in [6.45, 7) is 5.82. The number of nitrogen functional groups attached to an aromatic ring is 1. The Labute approximate surface area is 177 Å². The zero-order chi connectivity index (χ0) is 22.4. The van der Waals surface area contributed by atoms with Crippen LogP contribution in [0.15, 0.2) is 27.9 Å². The van der Waals surface area contributed by atoms with Crippen LogP contribution in [0.5, 0.6) is 11.5 Å². The molecule has 2 aromatic heterocycles. The highest BCUT2D eigenvalue weighted by atomic mass is 16.6. The largest absolute Gasteiger partial charge is 0.504 e. The predicted octanol–water partition coefficient (Wildman–Crippen LogP) is 0.552. The number of ether oxygens (including phenoxy) is 1. The maximum absolute atomic E-state index is 12.8. The van der Waals surface area contributed by atoms with Crippen molar-refractivity contribution in [3.05, 3.63) is 35.2 Å². The number of para-hydroxylation sites is 1. The van der Waals surface area contributed by atoms with E-state index in [0.717, 1.165) is 13.1 Å². The summed E-state index contributed by atoms with van der Waals surface area (Å²) in [6.07, 6.45) is 1.30. The fourth-order valence-electron chi connectivity index (χ4n) is 2.81. The van der Waals surface area contributed by atoms with Crippen molar-refractivity contribution in [1.82, 2.24) is 35.6 Å². The molecule has 0 saturated heterocycles. The van der Waals surface area contributed by atoms with Gasteiger partial charge < -0.3 is 15.6 Å². The summed E-state index contributed by atoms with van der Waals surface area (Å²) in [5.74, 6) is -0.242. The standard InChI is InChI=1S/C18H23N9O4/c1-4-26(5-2)10-12-14(21-25-27(12)17-16(19)23-31-24-17)18(29)22-20-9-11-7-6-8-13(30-3)15(11)28/h6-9,28H,4-5,10H2,1-3H3,(H2,19,23)(H,22,29)/b20-9+. The molecule has 0 radical (unpaired) electrons. The van der Waals surface area contributed by atoms with Crippen LogP contribution in [0.3, 0.4) is 0 Å². The van der Waals surface area contributed by atoms with Gasteiger partial charge in [-0.25, -0.2) is 10.1 Å². The number of phenolic OH excluding ortho intramolecular Hbond substituents is 1. The van der Waals surface area contributed by atoms with Crippen LogP contribution in [-0.4, -0.2) is 67.6 Å². The number of benzene rings is 1. The van der Waals surface area contributed by atoms with Gasteiger partial charge in [-0.3, -0.25) is 9.69 Å². The molecule has 0 fully saturated rings. The molecule has 2 heterocycles. The number of phenols is 1. The quantitative estimate of drug-likeness (QED) is 0.322. The average Bonchev–Trinajstić information content (AvgIpc) is 3.38. The second kappa shape index (κ2) is 9.67. The van der Waals surface area contributed by atoms with Crippen molar-refractivity contribution < 1.29 is 19.3 Å². The molecule has 13 nitrogen and oxygen atoms in total. The highest BCUT2D eigenvalue weighted by Gasteiger charge is 2.25. The van der Waals surface area contributed by atoms with Crippen molar-refractivity contribution in [2.24, 2.45) is 5.10 Å². The molecule has 3 aromatic rings. The number of carbonyl (C=O) groups is 1. The molecule has 3 rings (SSSR count). The van der Waals surface area contributed by atoms with Gasteiger partial charge in [0, 0.05) is 12.1 Å². The fraction of sp³-hybridized carbons (Fsp3) is 0.333. The number of methoxy groups -OCH3 is 1. The Kier molecular flexibility index (Phi) is 6.77.